The first kappa shape index (κ1) is 12.1. The molecule has 88 valence electrons. The summed E-state index contributed by atoms with van der Waals surface area (Å²) in [5.74, 6) is 0. The number of rotatable bonds is 4. The maximum absolute atomic E-state index is 5.79. The molecule has 2 rings (SSSR count). The van der Waals surface area contributed by atoms with Crippen molar-refractivity contribution in [1.82, 2.24) is 0 Å². The van der Waals surface area contributed by atoms with Gasteiger partial charge >= 0.3 is 103 Å². The van der Waals surface area contributed by atoms with Crippen molar-refractivity contribution in [2.75, 3.05) is 13.7 Å². The van der Waals surface area contributed by atoms with E-state index in [0.717, 1.165) is 24.8 Å². The molecule has 0 radical (unpaired) electrons. The van der Waals surface area contributed by atoms with Crippen LogP contribution in [0.15, 0.2) is 30.3 Å². The van der Waals surface area contributed by atoms with Crippen LogP contribution in [0.5, 0.6) is 0 Å². The number of ether oxygens (including phenoxy) is 2. The van der Waals surface area contributed by atoms with Gasteiger partial charge in [-0.1, -0.05) is 0 Å². The molecule has 1 fully saturated rings. The van der Waals surface area contributed by atoms with E-state index in [1.54, 1.807) is 7.11 Å². The van der Waals surface area contributed by atoms with Gasteiger partial charge < -0.3 is 0 Å². The molecule has 1 aromatic rings. The zero-order valence-corrected chi connectivity index (χ0v) is 11.3. The fourth-order valence-electron chi connectivity index (χ4n) is 1.93. The summed E-state index contributed by atoms with van der Waals surface area (Å²) in [4.78, 5) is 0. The zero-order chi connectivity index (χ0) is 11.2. The van der Waals surface area contributed by atoms with Crippen molar-refractivity contribution in [3.05, 3.63) is 30.3 Å². The van der Waals surface area contributed by atoms with Crippen LogP contribution >= 0.6 is 0 Å². The second-order valence-electron chi connectivity index (χ2n) is 3.95. The van der Waals surface area contributed by atoms with Crippen molar-refractivity contribution in [3.63, 3.8) is 0 Å². The van der Waals surface area contributed by atoms with Crippen LogP contribution in [-0.4, -0.2) is 40.9 Å². The fourth-order valence-corrected chi connectivity index (χ4v) is 4.07. The van der Waals surface area contributed by atoms with Crippen molar-refractivity contribution in [3.8, 4) is 0 Å². The van der Waals surface area contributed by atoms with E-state index in [0.29, 0.717) is 27.2 Å². The molecular weight excluding hydrogens is 267 g/mol. The fraction of sp³-hybridized carbons (Fsp3) is 0.538. The molecule has 1 saturated heterocycles. The van der Waals surface area contributed by atoms with Gasteiger partial charge in [0.15, 0.2) is 0 Å². The molecule has 0 spiro atoms. The van der Waals surface area contributed by atoms with Crippen molar-refractivity contribution in [2.45, 2.75) is 30.4 Å². The monoisotopic (exact) mass is 286 g/mol. The van der Waals surface area contributed by atoms with Crippen molar-refractivity contribution in [2.24, 2.45) is 0 Å². The van der Waals surface area contributed by atoms with Crippen LogP contribution < -0.4 is 4.46 Å². The summed E-state index contributed by atoms with van der Waals surface area (Å²) in [6.45, 7) is 0.898. The van der Waals surface area contributed by atoms with Crippen LogP contribution in [0.25, 0.3) is 0 Å². The molecule has 3 heteroatoms. The number of hydrogen-bond donors (Lipinski definition) is 0. The Balaban J connectivity index is 1.84. The van der Waals surface area contributed by atoms with E-state index in [1.807, 2.05) is 0 Å². The first-order valence-corrected chi connectivity index (χ1v) is 7.79. The number of hydrogen-bond acceptors (Lipinski definition) is 2. The van der Waals surface area contributed by atoms with Crippen LogP contribution in [0.2, 0.25) is 5.32 Å². The topological polar surface area (TPSA) is 18.5 Å². The van der Waals surface area contributed by atoms with E-state index in [4.69, 9.17) is 9.47 Å². The quantitative estimate of drug-likeness (QED) is 0.783. The molecule has 0 aliphatic carbocycles. The number of methoxy groups -OCH3 is 1. The van der Waals surface area contributed by atoms with Crippen LogP contribution in [0.4, 0.5) is 0 Å². The summed E-state index contributed by atoms with van der Waals surface area (Å²) in [6, 6.07) is 10.7. The van der Waals surface area contributed by atoms with Crippen LogP contribution in [0.1, 0.15) is 12.8 Å². The molecule has 0 aromatic heterocycles. The van der Waals surface area contributed by atoms with Crippen molar-refractivity contribution < 1.29 is 9.47 Å². The molecule has 0 unspecified atom stereocenters. The molecule has 1 aliphatic heterocycles. The molecule has 0 N–H and O–H groups in total. The first-order chi connectivity index (χ1) is 7.90. The molecule has 0 bridgehead atoms. The van der Waals surface area contributed by atoms with Gasteiger partial charge in [-0.3, -0.25) is 0 Å². The second kappa shape index (κ2) is 6.41. The predicted molar refractivity (Wildman–Crippen MR) is 66.4 cm³/mol. The van der Waals surface area contributed by atoms with E-state index < -0.39 is 0 Å². The van der Waals surface area contributed by atoms with Gasteiger partial charge in [0.2, 0.25) is 0 Å². The Bertz CT molecular complexity index is 302. The van der Waals surface area contributed by atoms with E-state index in [9.17, 15) is 0 Å². The SMILES string of the molecule is CO[C@H]1CCCO[C@@H]1C[Se]c1ccccc1. The van der Waals surface area contributed by atoms with Gasteiger partial charge in [-0.25, -0.2) is 0 Å². The van der Waals surface area contributed by atoms with Gasteiger partial charge in [0.05, 0.1) is 0 Å². The third kappa shape index (κ3) is 3.32. The Labute approximate surface area is 103 Å². The van der Waals surface area contributed by atoms with Crippen LogP contribution in [0, 0.1) is 0 Å². The summed E-state index contributed by atoms with van der Waals surface area (Å²) in [5.41, 5.74) is 0. The average Bonchev–Trinajstić information content (AvgIpc) is 2.38. The molecule has 16 heavy (non-hydrogen) atoms. The minimum absolute atomic E-state index is 0.305. The van der Waals surface area contributed by atoms with E-state index >= 15 is 0 Å². The second-order valence-corrected chi connectivity index (χ2v) is 6.24. The van der Waals surface area contributed by atoms with E-state index in [-0.39, 0.29) is 0 Å². The third-order valence-corrected chi connectivity index (χ3v) is 5.15. The van der Waals surface area contributed by atoms with Gasteiger partial charge in [0.25, 0.3) is 0 Å². The molecule has 0 saturated carbocycles. The van der Waals surface area contributed by atoms with Crippen molar-refractivity contribution in [1.29, 1.82) is 0 Å². The van der Waals surface area contributed by atoms with Gasteiger partial charge in [0, 0.05) is 0 Å². The van der Waals surface area contributed by atoms with E-state index in [1.165, 1.54) is 4.46 Å². The van der Waals surface area contributed by atoms with E-state index in [2.05, 4.69) is 30.3 Å². The zero-order valence-electron chi connectivity index (χ0n) is 9.59. The van der Waals surface area contributed by atoms with Crippen molar-refractivity contribution >= 4 is 19.4 Å². The Hall–Kier alpha value is -0.341. The summed E-state index contributed by atoms with van der Waals surface area (Å²) in [6.07, 6.45) is 2.89. The van der Waals surface area contributed by atoms with Gasteiger partial charge in [-0.15, -0.1) is 0 Å². The summed E-state index contributed by atoms with van der Waals surface area (Å²) < 4.78 is 12.7. The standard InChI is InChI=1S/C13H18O2Se/c1-14-12-8-5-9-15-13(12)10-16-11-6-3-2-4-7-11/h2-4,6-7,12-13H,5,8-10H2,1H3/t12-,13+/m0/s1. The maximum atomic E-state index is 5.79. The summed E-state index contributed by atoms with van der Waals surface area (Å²) in [5, 5.41) is 1.12. The molecule has 2 atom stereocenters. The molecule has 1 heterocycles. The molecular formula is C13H18O2Se. The molecule has 1 aliphatic rings. The van der Waals surface area contributed by atoms with Gasteiger partial charge in [-0.05, 0) is 0 Å². The summed E-state index contributed by atoms with van der Waals surface area (Å²) >= 11 is 0.500. The Morgan fingerprint density at radius 2 is 2.19 bits per heavy atom. The third-order valence-electron chi connectivity index (χ3n) is 2.84. The Kier molecular flexibility index (Phi) is 4.86. The Morgan fingerprint density at radius 1 is 1.38 bits per heavy atom. The van der Waals surface area contributed by atoms with Gasteiger partial charge in [0.1, 0.15) is 0 Å². The predicted octanol–water partition coefficient (Wildman–Crippen LogP) is 1.63. The normalized spacial score (nSPS) is 25.6. The molecule has 2 nitrogen and oxygen atoms in total. The first-order valence-electron chi connectivity index (χ1n) is 5.72. The molecule has 1 aromatic carbocycles. The molecule has 0 amide bonds. The number of benzene rings is 1. The average molecular weight is 285 g/mol. The minimum atomic E-state index is 0.305. The van der Waals surface area contributed by atoms with Crippen LogP contribution in [-0.2, 0) is 9.47 Å². The summed E-state index contributed by atoms with van der Waals surface area (Å²) in [7, 11) is 1.79. The Morgan fingerprint density at radius 3 is 2.94 bits per heavy atom. The van der Waals surface area contributed by atoms with Crippen LogP contribution in [0.3, 0.4) is 0 Å². The van der Waals surface area contributed by atoms with Gasteiger partial charge in [-0.2, -0.15) is 0 Å².